The second-order valence-electron chi connectivity index (χ2n) is 5.25. The number of nitrogens with one attached hydrogen (secondary N) is 1. The van der Waals surface area contributed by atoms with Gasteiger partial charge in [0.05, 0.1) is 0 Å². The molecule has 112 valence electrons. The second kappa shape index (κ2) is 6.29. The van der Waals surface area contributed by atoms with Crippen molar-refractivity contribution in [3.05, 3.63) is 29.6 Å². The van der Waals surface area contributed by atoms with Crippen LogP contribution in [-0.2, 0) is 6.54 Å². The Morgan fingerprint density at radius 3 is 2.86 bits per heavy atom. The van der Waals surface area contributed by atoms with Crippen LogP contribution in [0.1, 0.15) is 18.4 Å². The standard InChI is InChI=1S/C14H17FN4S2/c1-19(2)13-17-18-14(21-13)20-12-6-3-10(15)7-9(12)8-16-11-4-5-11/h3,6-7,11,16H,4-5,8H2,1-2H3. The van der Waals surface area contributed by atoms with Gasteiger partial charge in [0.15, 0.2) is 4.34 Å². The lowest BCUT2D eigenvalue weighted by atomic mass is 10.2. The van der Waals surface area contributed by atoms with Gasteiger partial charge in [0.1, 0.15) is 5.82 Å². The molecule has 3 rings (SSSR count). The van der Waals surface area contributed by atoms with Gasteiger partial charge in [0.2, 0.25) is 5.13 Å². The Kier molecular flexibility index (Phi) is 4.42. The van der Waals surface area contributed by atoms with Gasteiger partial charge in [0, 0.05) is 31.6 Å². The zero-order chi connectivity index (χ0) is 14.8. The average Bonchev–Trinajstić information content (AvgIpc) is 3.16. The summed E-state index contributed by atoms with van der Waals surface area (Å²) in [5, 5.41) is 12.6. The Morgan fingerprint density at radius 1 is 1.38 bits per heavy atom. The fourth-order valence-corrected chi connectivity index (χ4v) is 3.68. The van der Waals surface area contributed by atoms with E-state index in [9.17, 15) is 4.39 Å². The minimum absolute atomic E-state index is 0.196. The van der Waals surface area contributed by atoms with Crippen LogP contribution in [-0.4, -0.2) is 30.3 Å². The van der Waals surface area contributed by atoms with Gasteiger partial charge in [-0.15, -0.1) is 10.2 Å². The lowest BCUT2D eigenvalue weighted by molar-refractivity contribution is 0.616. The van der Waals surface area contributed by atoms with Crippen molar-refractivity contribution in [3.63, 3.8) is 0 Å². The zero-order valence-corrected chi connectivity index (χ0v) is 13.6. The maximum absolute atomic E-state index is 13.5. The molecule has 1 N–H and O–H groups in total. The van der Waals surface area contributed by atoms with Crippen LogP contribution < -0.4 is 10.2 Å². The molecule has 0 bridgehead atoms. The van der Waals surface area contributed by atoms with Gasteiger partial charge >= 0.3 is 0 Å². The summed E-state index contributed by atoms with van der Waals surface area (Å²) in [6, 6.07) is 5.52. The molecule has 0 amide bonds. The predicted octanol–water partition coefficient (Wildman–Crippen LogP) is 3.15. The van der Waals surface area contributed by atoms with Crippen LogP contribution >= 0.6 is 23.1 Å². The first-order valence-corrected chi connectivity index (χ1v) is 8.45. The van der Waals surface area contributed by atoms with Gasteiger partial charge in [-0.2, -0.15) is 0 Å². The highest BCUT2D eigenvalue weighted by atomic mass is 32.2. The van der Waals surface area contributed by atoms with Crippen molar-refractivity contribution in [2.24, 2.45) is 0 Å². The quantitative estimate of drug-likeness (QED) is 0.884. The molecule has 1 saturated carbocycles. The van der Waals surface area contributed by atoms with Crippen molar-refractivity contribution < 1.29 is 4.39 Å². The molecule has 1 heterocycles. The van der Waals surface area contributed by atoms with E-state index in [0.717, 1.165) is 19.9 Å². The number of rotatable bonds is 6. The van der Waals surface area contributed by atoms with Gasteiger partial charge in [-0.3, -0.25) is 0 Å². The van der Waals surface area contributed by atoms with Crippen molar-refractivity contribution in [3.8, 4) is 0 Å². The molecule has 21 heavy (non-hydrogen) atoms. The van der Waals surface area contributed by atoms with Crippen molar-refractivity contribution in [1.29, 1.82) is 0 Å². The van der Waals surface area contributed by atoms with Crippen LogP contribution in [0.4, 0.5) is 9.52 Å². The van der Waals surface area contributed by atoms with E-state index in [1.807, 2.05) is 25.1 Å². The molecule has 1 aliphatic carbocycles. The van der Waals surface area contributed by atoms with Crippen molar-refractivity contribution in [1.82, 2.24) is 15.5 Å². The molecule has 1 fully saturated rings. The van der Waals surface area contributed by atoms with E-state index in [4.69, 9.17) is 0 Å². The molecular weight excluding hydrogens is 307 g/mol. The monoisotopic (exact) mass is 324 g/mol. The van der Waals surface area contributed by atoms with Crippen LogP contribution in [0, 0.1) is 5.82 Å². The number of halogens is 1. The number of aromatic nitrogens is 2. The minimum Gasteiger partial charge on any atom is -0.353 e. The van der Waals surface area contributed by atoms with Crippen LogP contribution in [0.25, 0.3) is 0 Å². The maximum Gasteiger partial charge on any atom is 0.208 e. The fourth-order valence-electron chi connectivity index (χ4n) is 1.85. The summed E-state index contributed by atoms with van der Waals surface area (Å²) in [7, 11) is 3.88. The van der Waals surface area contributed by atoms with Gasteiger partial charge in [-0.05, 0) is 36.6 Å². The van der Waals surface area contributed by atoms with Gasteiger partial charge in [-0.25, -0.2) is 4.39 Å². The van der Waals surface area contributed by atoms with E-state index in [1.54, 1.807) is 17.8 Å². The number of hydrogen-bond acceptors (Lipinski definition) is 6. The largest absolute Gasteiger partial charge is 0.353 e. The van der Waals surface area contributed by atoms with Crippen molar-refractivity contribution in [2.45, 2.75) is 34.7 Å². The summed E-state index contributed by atoms with van der Waals surface area (Å²) >= 11 is 3.08. The Labute approximate surface area is 131 Å². The summed E-state index contributed by atoms with van der Waals surface area (Å²) in [6.45, 7) is 0.699. The van der Waals surface area contributed by atoms with Gasteiger partial charge < -0.3 is 10.2 Å². The lowest BCUT2D eigenvalue weighted by Crippen LogP contribution is -2.15. The predicted molar refractivity (Wildman–Crippen MR) is 84.6 cm³/mol. The summed E-state index contributed by atoms with van der Waals surface area (Å²) in [4.78, 5) is 2.97. The number of hydrogen-bond donors (Lipinski definition) is 1. The number of benzene rings is 1. The third kappa shape index (κ3) is 3.93. The zero-order valence-electron chi connectivity index (χ0n) is 12.0. The molecule has 0 atom stereocenters. The minimum atomic E-state index is -0.196. The smallest absolute Gasteiger partial charge is 0.208 e. The van der Waals surface area contributed by atoms with E-state index >= 15 is 0 Å². The summed E-state index contributed by atoms with van der Waals surface area (Å²) in [5.41, 5.74) is 0.980. The van der Waals surface area contributed by atoms with Crippen LogP contribution in [0.5, 0.6) is 0 Å². The third-order valence-electron chi connectivity index (χ3n) is 3.16. The molecule has 0 aliphatic heterocycles. The highest BCUT2D eigenvalue weighted by Gasteiger charge is 2.21. The van der Waals surface area contributed by atoms with Crippen LogP contribution in [0.3, 0.4) is 0 Å². The molecule has 1 aliphatic rings. The van der Waals surface area contributed by atoms with Crippen LogP contribution in [0.15, 0.2) is 27.4 Å². The first-order chi connectivity index (χ1) is 10.1. The highest BCUT2D eigenvalue weighted by molar-refractivity contribution is 8.01. The maximum atomic E-state index is 13.5. The number of anilines is 1. The molecule has 0 spiro atoms. The summed E-state index contributed by atoms with van der Waals surface area (Å²) < 4.78 is 14.3. The topological polar surface area (TPSA) is 41.1 Å². The Balaban J connectivity index is 1.75. The molecule has 7 heteroatoms. The fraction of sp³-hybridized carbons (Fsp3) is 0.429. The molecular formula is C14H17FN4S2. The normalized spacial score (nSPS) is 14.4. The third-order valence-corrected chi connectivity index (χ3v) is 5.42. The van der Waals surface area contributed by atoms with E-state index in [2.05, 4.69) is 15.5 Å². The summed E-state index contributed by atoms with van der Waals surface area (Å²) in [6.07, 6.45) is 2.45. The Hall–Kier alpha value is -1.18. The van der Waals surface area contributed by atoms with Gasteiger partial charge in [0.25, 0.3) is 0 Å². The molecule has 1 aromatic carbocycles. The molecule has 0 saturated heterocycles. The lowest BCUT2D eigenvalue weighted by Gasteiger charge is -2.09. The van der Waals surface area contributed by atoms with Crippen LogP contribution in [0.2, 0.25) is 0 Å². The Morgan fingerprint density at radius 2 is 2.19 bits per heavy atom. The average molecular weight is 324 g/mol. The van der Waals surface area contributed by atoms with E-state index in [-0.39, 0.29) is 5.82 Å². The molecule has 2 aromatic rings. The van der Waals surface area contributed by atoms with Crippen molar-refractivity contribution in [2.75, 3.05) is 19.0 Å². The number of nitrogens with zero attached hydrogens (tertiary/aromatic N) is 3. The Bertz CT molecular complexity index is 625. The molecule has 0 unspecified atom stereocenters. The van der Waals surface area contributed by atoms with E-state index in [0.29, 0.717) is 12.6 Å². The highest BCUT2D eigenvalue weighted by Crippen LogP contribution is 2.35. The first kappa shape index (κ1) is 14.7. The molecule has 0 radical (unpaired) electrons. The molecule has 4 nitrogen and oxygen atoms in total. The molecule has 1 aromatic heterocycles. The SMILES string of the molecule is CN(C)c1nnc(Sc2ccc(F)cc2CNC2CC2)s1. The van der Waals surface area contributed by atoms with E-state index < -0.39 is 0 Å². The summed E-state index contributed by atoms with van der Waals surface area (Å²) in [5.74, 6) is -0.196. The van der Waals surface area contributed by atoms with Gasteiger partial charge in [-0.1, -0.05) is 23.1 Å². The van der Waals surface area contributed by atoms with Crippen molar-refractivity contribution >= 4 is 28.2 Å². The second-order valence-corrected chi connectivity index (χ2v) is 7.50. The van der Waals surface area contributed by atoms with E-state index in [1.165, 1.54) is 30.2 Å². The first-order valence-electron chi connectivity index (χ1n) is 6.82.